The number of rotatable bonds is 2. The van der Waals surface area contributed by atoms with Crippen LogP contribution in [0.2, 0.25) is 0 Å². The highest BCUT2D eigenvalue weighted by molar-refractivity contribution is 6.00. The first-order chi connectivity index (χ1) is 10.8. The van der Waals surface area contributed by atoms with Gasteiger partial charge in [-0.2, -0.15) is 5.10 Å². The second-order valence-corrected chi connectivity index (χ2v) is 6.16. The highest BCUT2D eigenvalue weighted by atomic mass is 16.1. The minimum atomic E-state index is 0.0271. The van der Waals surface area contributed by atoms with Crippen molar-refractivity contribution in [2.45, 2.75) is 38.1 Å². The third-order valence-corrected chi connectivity index (χ3v) is 4.68. The standard InChI is InChI=1S/C17H20N4O/c22-17(14-5-1-3-11-4-2-8-18-16(11)14)20-13-7-6-12-10-19-21-15(12)9-13/h1,3,5,10,13,18H,2,4,6-9H2,(H,19,21)(H,20,22)/t13-/m1/s1. The smallest absolute Gasteiger partial charge is 0.253 e. The van der Waals surface area contributed by atoms with E-state index in [1.807, 2.05) is 18.3 Å². The number of aryl methyl sites for hydroxylation is 2. The van der Waals surface area contributed by atoms with Crippen molar-refractivity contribution >= 4 is 11.6 Å². The predicted molar refractivity (Wildman–Crippen MR) is 85.1 cm³/mol. The molecule has 1 aromatic carbocycles. The Morgan fingerprint density at radius 1 is 1.27 bits per heavy atom. The molecule has 0 saturated heterocycles. The number of amides is 1. The Hall–Kier alpha value is -2.30. The van der Waals surface area contributed by atoms with Crippen LogP contribution in [0.25, 0.3) is 0 Å². The Bertz CT molecular complexity index is 706. The van der Waals surface area contributed by atoms with E-state index < -0.39 is 0 Å². The largest absolute Gasteiger partial charge is 0.384 e. The number of hydrogen-bond acceptors (Lipinski definition) is 3. The van der Waals surface area contributed by atoms with E-state index in [2.05, 4.69) is 26.9 Å². The van der Waals surface area contributed by atoms with Gasteiger partial charge in [-0.25, -0.2) is 0 Å². The summed E-state index contributed by atoms with van der Waals surface area (Å²) < 4.78 is 0. The highest BCUT2D eigenvalue weighted by Gasteiger charge is 2.24. The lowest BCUT2D eigenvalue weighted by atomic mass is 9.93. The molecule has 0 fully saturated rings. The number of benzene rings is 1. The van der Waals surface area contributed by atoms with Crippen molar-refractivity contribution in [1.29, 1.82) is 0 Å². The van der Waals surface area contributed by atoms with Crippen molar-refractivity contribution < 1.29 is 4.79 Å². The van der Waals surface area contributed by atoms with Gasteiger partial charge in [0, 0.05) is 24.7 Å². The lowest BCUT2D eigenvalue weighted by Gasteiger charge is -2.25. The molecule has 0 unspecified atom stereocenters. The molecule has 3 N–H and O–H groups in total. The summed E-state index contributed by atoms with van der Waals surface area (Å²) in [5, 5.41) is 13.7. The number of anilines is 1. The molecule has 0 spiro atoms. The van der Waals surface area contributed by atoms with Crippen molar-refractivity contribution in [3.8, 4) is 0 Å². The number of carbonyl (C=O) groups excluding carboxylic acids is 1. The first-order valence-electron chi connectivity index (χ1n) is 7.99. The van der Waals surface area contributed by atoms with Crippen LogP contribution in [0.15, 0.2) is 24.4 Å². The molecule has 0 radical (unpaired) electrons. The van der Waals surface area contributed by atoms with Crippen molar-refractivity contribution in [3.05, 3.63) is 46.8 Å². The number of nitrogens with one attached hydrogen (secondary N) is 3. The van der Waals surface area contributed by atoms with Gasteiger partial charge < -0.3 is 10.6 Å². The van der Waals surface area contributed by atoms with Gasteiger partial charge in [0.25, 0.3) is 5.91 Å². The number of H-pyrrole nitrogens is 1. The zero-order valence-electron chi connectivity index (χ0n) is 12.5. The van der Waals surface area contributed by atoms with E-state index in [4.69, 9.17) is 0 Å². The van der Waals surface area contributed by atoms with E-state index in [1.54, 1.807) is 0 Å². The molecule has 1 atom stereocenters. The molecular formula is C17H20N4O. The molecule has 0 bridgehead atoms. The van der Waals surface area contributed by atoms with Crippen LogP contribution in [0.3, 0.4) is 0 Å². The summed E-state index contributed by atoms with van der Waals surface area (Å²) in [5.41, 5.74) is 5.48. The van der Waals surface area contributed by atoms with Crippen LogP contribution in [0.4, 0.5) is 5.69 Å². The molecule has 5 heteroatoms. The lowest BCUT2D eigenvalue weighted by Crippen LogP contribution is -2.39. The van der Waals surface area contributed by atoms with E-state index in [1.165, 1.54) is 11.1 Å². The fourth-order valence-electron chi connectivity index (χ4n) is 3.49. The third-order valence-electron chi connectivity index (χ3n) is 4.68. The second-order valence-electron chi connectivity index (χ2n) is 6.16. The normalized spacial score (nSPS) is 19.7. The van der Waals surface area contributed by atoms with Gasteiger partial charge in [0.05, 0.1) is 17.4 Å². The van der Waals surface area contributed by atoms with Crippen LogP contribution in [0.1, 0.15) is 40.0 Å². The zero-order chi connectivity index (χ0) is 14.9. The zero-order valence-corrected chi connectivity index (χ0v) is 12.5. The lowest BCUT2D eigenvalue weighted by molar-refractivity contribution is 0.0934. The Morgan fingerprint density at radius 3 is 3.18 bits per heavy atom. The summed E-state index contributed by atoms with van der Waals surface area (Å²) in [6.45, 7) is 0.943. The van der Waals surface area contributed by atoms with E-state index in [0.29, 0.717) is 0 Å². The van der Waals surface area contributed by atoms with Gasteiger partial charge in [-0.1, -0.05) is 12.1 Å². The Morgan fingerprint density at radius 2 is 2.23 bits per heavy atom. The molecule has 2 aliphatic rings. The molecule has 1 amide bonds. The quantitative estimate of drug-likeness (QED) is 0.794. The van der Waals surface area contributed by atoms with Gasteiger partial charge in [-0.15, -0.1) is 0 Å². The summed E-state index contributed by atoms with van der Waals surface area (Å²) in [7, 11) is 0. The van der Waals surface area contributed by atoms with E-state index in [0.717, 1.165) is 55.6 Å². The SMILES string of the molecule is O=C(N[C@@H]1CCc2cn[nH]c2C1)c1cccc2c1NCCC2. The van der Waals surface area contributed by atoms with E-state index in [9.17, 15) is 4.79 Å². The number of para-hydroxylation sites is 1. The van der Waals surface area contributed by atoms with Crippen LogP contribution in [-0.4, -0.2) is 28.7 Å². The van der Waals surface area contributed by atoms with Gasteiger partial charge in [0.15, 0.2) is 0 Å². The molecule has 0 saturated carbocycles. The van der Waals surface area contributed by atoms with Crippen LogP contribution >= 0.6 is 0 Å². The summed E-state index contributed by atoms with van der Waals surface area (Å²) >= 11 is 0. The number of carbonyl (C=O) groups is 1. The van der Waals surface area contributed by atoms with Gasteiger partial charge in [-0.3, -0.25) is 9.89 Å². The van der Waals surface area contributed by atoms with Gasteiger partial charge >= 0.3 is 0 Å². The number of aromatic nitrogens is 2. The summed E-state index contributed by atoms with van der Waals surface area (Å²) in [4.78, 5) is 12.7. The summed E-state index contributed by atoms with van der Waals surface area (Å²) in [6, 6.07) is 6.18. The van der Waals surface area contributed by atoms with E-state index in [-0.39, 0.29) is 11.9 Å². The van der Waals surface area contributed by atoms with Crippen LogP contribution in [0, 0.1) is 0 Å². The summed E-state index contributed by atoms with van der Waals surface area (Å²) in [5.74, 6) is 0.0271. The maximum atomic E-state index is 12.7. The average molecular weight is 296 g/mol. The Balaban J connectivity index is 1.51. The van der Waals surface area contributed by atoms with Crippen LogP contribution in [0.5, 0.6) is 0 Å². The van der Waals surface area contributed by atoms with Gasteiger partial charge in [0.2, 0.25) is 0 Å². The molecule has 114 valence electrons. The first kappa shape index (κ1) is 13.4. The van der Waals surface area contributed by atoms with Crippen LogP contribution < -0.4 is 10.6 Å². The molecule has 5 nitrogen and oxygen atoms in total. The van der Waals surface area contributed by atoms with Crippen LogP contribution in [-0.2, 0) is 19.3 Å². The number of aromatic amines is 1. The maximum absolute atomic E-state index is 12.7. The topological polar surface area (TPSA) is 69.8 Å². The molecule has 1 aliphatic carbocycles. The predicted octanol–water partition coefficient (Wildman–Crippen LogP) is 2.06. The monoisotopic (exact) mass is 296 g/mol. The van der Waals surface area contributed by atoms with Gasteiger partial charge in [0.1, 0.15) is 0 Å². The maximum Gasteiger partial charge on any atom is 0.253 e. The van der Waals surface area contributed by atoms with E-state index >= 15 is 0 Å². The summed E-state index contributed by atoms with van der Waals surface area (Å²) in [6.07, 6.45) is 6.85. The fourth-order valence-corrected chi connectivity index (χ4v) is 3.49. The number of fused-ring (bicyclic) bond motifs is 2. The molecule has 1 aromatic heterocycles. The van der Waals surface area contributed by atoms with Crippen molar-refractivity contribution in [3.63, 3.8) is 0 Å². The van der Waals surface area contributed by atoms with Crippen molar-refractivity contribution in [2.24, 2.45) is 0 Å². The first-order valence-corrected chi connectivity index (χ1v) is 7.99. The molecule has 4 rings (SSSR count). The Kier molecular flexibility index (Phi) is 3.33. The number of nitrogens with zero attached hydrogens (tertiary/aromatic N) is 1. The third kappa shape index (κ3) is 2.36. The Labute approximate surface area is 129 Å². The molecule has 22 heavy (non-hydrogen) atoms. The fraction of sp³-hybridized carbons (Fsp3) is 0.412. The minimum Gasteiger partial charge on any atom is -0.384 e. The average Bonchev–Trinajstić information content (AvgIpc) is 3.02. The van der Waals surface area contributed by atoms with Crippen molar-refractivity contribution in [1.82, 2.24) is 15.5 Å². The molecule has 2 heterocycles. The highest BCUT2D eigenvalue weighted by Crippen LogP contribution is 2.26. The molecule has 1 aliphatic heterocycles. The molecular weight excluding hydrogens is 276 g/mol. The van der Waals surface area contributed by atoms with Gasteiger partial charge in [-0.05, 0) is 42.9 Å². The number of hydrogen-bond donors (Lipinski definition) is 3. The molecule has 2 aromatic rings. The minimum absolute atomic E-state index is 0.0271. The second kappa shape index (κ2) is 5.48. The van der Waals surface area contributed by atoms with Crippen molar-refractivity contribution in [2.75, 3.05) is 11.9 Å².